The molecule has 1 aliphatic rings. The van der Waals surface area contributed by atoms with Crippen LogP contribution in [0.15, 0.2) is 45.7 Å². The third-order valence-corrected chi connectivity index (χ3v) is 3.35. The monoisotopic (exact) mass is 366 g/mol. The molecule has 0 aromatic carbocycles. The highest BCUT2D eigenvalue weighted by Gasteiger charge is 2.17. The number of fused-ring (bicyclic) bond motifs is 1. The molecule has 0 N–H and O–H groups in total. The minimum atomic E-state index is -0.655. The zero-order valence-corrected chi connectivity index (χ0v) is 12.9. The molecule has 2 aromatic rings. The standard InChI is InChI=1S/C14H11BrN2O5/c15-9-1-2-12-16-10(5-13(18)17(12)6-9)7-22-14(19)11-8-20-3-4-21-11/h1-2,5-6,8H,3-4,7H2. The SMILES string of the molecule is O=C(OCc1cc(=O)n2cc(Br)ccc2n1)C1=COCCO1. The van der Waals surface area contributed by atoms with Crippen molar-refractivity contribution in [2.75, 3.05) is 13.2 Å². The van der Waals surface area contributed by atoms with Gasteiger partial charge < -0.3 is 14.2 Å². The summed E-state index contributed by atoms with van der Waals surface area (Å²) in [5, 5.41) is 0. The highest BCUT2D eigenvalue weighted by molar-refractivity contribution is 9.10. The first-order valence-electron chi connectivity index (χ1n) is 6.43. The van der Waals surface area contributed by atoms with E-state index in [1.54, 1.807) is 18.3 Å². The van der Waals surface area contributed by atoms with Crippen molar-refractivity contribution in [1.29, 1.82) is 0 Å². The Morgan fingerprint density at radius 3 is 3.05 bits per heavy atom. The summed E-state index contributed by atoms with van der Waals surface area (Å²) in [5.74, 6) is -0.648. The topological polar surface area (TPSA) is 79.1 Å². The Morgan fingerprint density at radius 1 is 1.41 bits per heavy atom. The molecule has 0 amide bonds. The van der Waals surface area contributed by atoms with E-state index in [1.807, 2.05) is 0 Å². The quantitative estimate of drug-likeness (QED) is 0.763. The van der Waals surface area contributed by atoms with Gasteiger partial charge in [0.05, 0.1) is 5.69 Å². The molecular formula is C14H11BrN2O5. The molecule has 0 atom stereocenters. The fourth-order valence-corrected chi connectivity index (χ4v) is 2.22. The maximum absolute atomic E-state index is 12.0. The zero-order valence-electron chi connectivity index (χ0n) is 11.3. The Morgan fingerprint density at radius 2 is 2.27 bits per heavy atom. The first kappa shape index (κ1) is 14.6. The summed E-state index contributed by atoms with van der Waals surface area (Å²) in [6.07, 6.45) is 2.84. The van der Waals surface area contributed by atoms with Crippen LogP contribution >= 0.6 is 15.9 Å². The van der Waals surface area contributed by atoms with Crippen molar-refractivity contribution in [3.63, 3.8) is 0 Å². The average Bonchev–Trinajstić information content (AvgIpc) is 2.54. The van der Waals surface area contributed by atoms with E-state index in [1.165, 1.54) is 16.7 Å². The molecule has 1 aliphatic heterocycles. The summed E-state index contributed by atoms with van der Waals surface area (Å²) in [7, 11) is 0. The fraction of sp³-hybridized carbons (Fsp3) is 0.214. The Balaban J connectivity index is 1.77. The molecule has 0 radical (unpaired) electrons. The predicted octanol–water partition coefficient (Wildman–Crippen LogP) is 1.39. The van der Waals surface area contributed by atoms with Gasteiger partial charge in [0.1, 0.15) is 31.7 Å². The van der Waals surface area contributed by atoms with Gasteiger partial charge in [-0.2, -0.15) is 0 Å². The van der Waals surface area contributed by atoms with Gasteiger partial charge in [0.25, 0.3) is 5.56 Å². The number of nitrogens with zero attached hydrogens (tertiary/aromatic N) is 2. The van der Waals surface area contributed by atoms with E-state index in [4.69, 9.17) is 14.2 Å². The second-order valence-corrected chi connectivity index (χ2v) is 5.35. The highest BCUT2D eigenvalue weighted by atomic mass is 79.9. The highest BCUT2D eigenvalue weighted by Crippen LogP contribution is 2.11. The fourth-order valence-electron chi connectivity index (χ4n) is 1.89. The Labute approximate surface area is 133 Å². The van der Waals surface area contributed by atoms with Crippen LogP contribution in [0.5, 0.6) is 0 Å². The van der Waals surface area contributed by atoms with Crippen molar-refractivity contribution < 1.29 is 19.0 Å². The Kier molecular flexibility index (Phi) is 4.10. The number of hydrogen-bond donors (Lipinski definition) is 0. The van der Waals surface area contributed by atoms with Crippen LogP contribution in [-0.4, -0.2) is 28.6 Å². The number of hydrogen-bond acceptors (Lipinski definition) is 6. The summed E-state index contributed by atoms with van der Waals surface area (Å²) >= 11 is 3.29. The van der Waals surface area contributed by atoms with Crippen LogP contribution in [0.25, 0.3) is 5.65 Å². The second kappa shape index (κ2) is 6.18. The molecule has 2 aromatic heterocycles. The zero-order chi connectivity index (χ0) is 15.5. The van der Waals surface area contributed by atoms with Crippen LogP contribution in [0.2, 0.25) is 0 Å². The Hall–Kier alpha value is -2.35. The van der Waals surface area contributed by atoms with Crippen LogP contribution in [0.1, 0.15) is 5.69 Å². The first-order chi connectivity index (χ1) is 10.6. The third kappa shape index (κ3) is 3.11. The van der Waals surface area contributed by atoms with Crippen molar-refractivity contribution in [2.45, 2.75) is 6.61 Å². The summed E-state index contributed by atoms with van der Waals surface area (Å²) in [6.45, 7) is 0.571. The summed E-state index contributed by atoms with van der Waals surface area (Å²) in [4.78, 5) is 28.0. The number of esters is 1. The van der Waals surface area contributed by atoms with Crippen molar-refractivity contribution in [2.24, 2.45) is 0 Å². The number of rotatable bonds is 3. The molecule has 3 rings (SSSR count). The van der Waals surface area contributed by atoms with Gasteiger partial charge >= 0.3 is 5.97 Å². The average molecular weight is 367 g/mol. The van der Waals surface area contributed by atoms with Crippen LogP contribution in [0.4, 0.5) is 0 Å². The van der Waals surface area contributed by atoms with Crippen LogP contribution in [0, 0.1) is 0 Å². The van der Waals surface area contributed by atoms with Gasteiger partial charge in [0.2, 0.25) is 5.76 Å². The molecule has 0 spiro atoms. The largest absolute Gasteiger partial charge is 0.493 e. The van der Waals surface area contributed by atoms with E-state index in [9.17, 15) is 9.59 Å². The van der Waals surface area contributed by atoms with Crippen LogP contribution in [0.3, 0.4) is 0 Å². The van der Waals surface area contributed by atoms with Crippen LogP contribution < -0.4 is 5.56 Å². The van der Waals surface area contributed by atoms with Gasteiger partial charge in [0, 0.05) is 16.7 Å². The van der Waals surface area contributed by atoms with Gasteiger partial charge in [-0.05, 0) is 28.1 Å². The molecule has 0 unspecified atom stereocenters. The third-order valence-electron chi connectivity index (χ3n) is 2.88. The van der Waals surface area contributed by atoms with E-state index in [0.29, 0.717) is 24.6 Å². The molecule has 0 fully saturated rings. The van der Waals surface area contributed by atoms with E-state index < -0.39 is 5.97 Å². The molecule has 22 heavy (non-hydrogen) atoms. The molecule has 8 heteroatoms. The molecule has 0 saturated heterocycles. The van der Waals surface area contributed by atoms with Crippen molar-refractivity contribution in [3.8, 4) is 0 Å². The van der Waals surface area contributed by atoms with E-state index in [-0.39, 0.29) is 17.9 Å². The first-order valence-corrected chi connectivity index (χ1v) is 7.22. The molecule has 3 heterocycles. The van der Waals surface area contributed by atoms with Crippen molar-refractivity contribution in [1.82, 2.24) is 9.38 Å². The van der Waals surface area contributed by atoms with Gasteiger partial charge in [-0.1, -0.05) is 0 Å². The number of ether oxygens (including phenoxy) is 3. The minimum Gasteiger partial charge on any atom is -0.493 e. The molecule has 114 valence electrons. The van der Waals surface area contributed by atoms with Gasteiger partial charge in [0.15, 0.2) is 0 Å². The van der Waals surface area contributed by atoms with E-state index in [0.717, 1.165) is 4.47 Å². The molecule has 7 nitrogen and oxygen atoms in total. The van der Waals surface area contributed by atoms with Gasteiger partial charge in [-0.3, -0.25) is 9.20 Å². The summed E-state index contributed by atoms with van der Waals surface area (Å²) in [6, 6.07) is 4.78. The van der Waals surface area contributed by atoms with E-state index in [2.05, 4.69) is 20.9 Å². The number of halogens is 1. The molecule has 0 aliphatic carbocycles. The second-order valence-electron chi connectivity index (χ2n) is 4.44. The maximum atomic E-state index is 12.0. The van der Waals surface area contributed by atoms with Crippen LogP contribution in [-0.2, 0) is 25.6 Å². The van der Waals surface area contributed by atoms with E-state index >= 15 is 0 Å². The van der Waals surface area contributed by atoms with Crippen molar-refractivity contribution >= 4 is 27.5 Å². The Bertz CT molecular complexity index is 814. The normalized spacial score (nSPS) is 14.0. The number of aromatic nitrogens is 2. The summed E-state index contributed by atoms with van der Waals surface area (Å²) in [5.41, 5.74) is 0.574. The smallest absolute Gasteiger partial charge is 0.377 e. The van der Waals surface area contributed by atoms with Crippen molar-refractivity contribution in [3.05, 3.63) is 56.9 Å². The lowest BCUT2D eigenvalue weighted by molar-refractivity contribution is -0.146. The van der Waals surface area contributed by atoms with Gasteiger partial charge in [-0.25, -0.2) is 9.78 Å². The molecule has 0 bridgehead atoms. The lowest BCUT2D eigenvalue weighted by atomic mass is 10.4. The minimum absolute atomic E-state index is 0.00712. The number of carbonyl (C=O) groups is 1. The summed E-state index contributed by atoms with van der Waals surface area (Å²) < 4.78 is 17.3. The predicted molar refractivity (Wildman–Crippen MR) is 78.9 cm³/mol. The lowest BCUT2D eigenvalue weighted by Crippen LogP contribution is -2.19. The molecular weight excluding hydrogens is 356 g/mol. The maximum Gasteiger partial charge on any atom is 0.377 e. The molecule has 0 saturated carbocycles. The number of pyridine rings is 1. The van der Waals surface area contributed by atoms with Gasteiger partial charge in [-0.15, -0.1) is 0 Å². The lowest BCUT2D eigenvalue weighted by Gasteiger charge is -2.14. The number of carbonyl (C=O) groups excluding carboxylic acids is 1.